The van der Waals surface area contributed by atoms with Crippen molar-refractivity contribution in [2.75, 3.05) is 5.73 Å². The van der Waals surface area contributed by atoms with E-state index < -0.39 is 28.8 Å². The lowest BCUT2D eigenvalue weighted by Crippen LogP contribution is -2.65. The van der Waals surface area contributed by atoms with E-state index >= 15 is 0 Å². The summed E-state index contributed by atoms with van der Waals surface area (Å²) >= 11 is 0. The molecule has 1 fully saturated rings. The van der Waals surface area contributed by atoms with Gasteiger partial charge >= 0.3 is 13.7 Å². The third kappa shape index (κ3) is 3.19. The van der Waals surface area contributed by atoms with Crippen LogP contribution in [-0.4, -0.2) is 28.8 Å². The zero-order valence-corrected chi connectivity index (χ0v) is 13.6. The minimum absolute atomic E-state index is 0.0428. The number of nitrogen functional groups attached to an aromatic ring is 1. The minimum Gasteiger partial charge on any atom is -0.427 e. The molecule has 0 aliphatic heterocycles. The van der Waals surface area contributed by atoms with Gasteiger partial charge in [-0.3, -0.25) is 0 Å². The van der Waals surface area contributed by atoms with Gasteiger partial charge in [0.15, 0.2) is 0 Å². The van der Waals surface area contributed by atoms with Gasteiger partial charge in [-0.15, -0.1) is 0 Å². The molecule has 4 nitrogen and oxygen atoms in total. The van der Waals surface area contributed by atoms with E-state index in [1.165, 1.54) is 13.7 Å². The van der Waals surface area contributed by atoms with Crippen LogP contribution in [0.2, 0.25) is 0 Å². The molecule has 1 aromatic rings. The number of nitrogens with two attached hydrogens (primary N) is 1. The van der Waals surface area contributed by atoms with Crippen molar-refractivity contribution in [3.05, 3.63) is 17.8 Å². The summed E-state index contributed by atoms with van der Waals surface area (Å²) in [5, 5.41) is 10.7. The molecule has 3 atom stereocenters. The van der Waals surface area contributed by atoms with Crippen molar-refractivity contribution in [3.8, 4) is 0 Å². The Balaban J connectivity index is 2.12. The second-order valence-corrected chi connectivity index (χ2v) is 6.84. The monoisotopic (exact) mass is 329 g/mol. The highest BCUT2D eigenvalue weighted by atomic mass is 19.4. The van der Waals surface area contributed by atoms with Crippen molar-refractivity contribution in [3.63, 3.8) is 0 Å². The zero-order chi connectivity index (χ0) is 17.6. The summed E-state index contributed by atoms with van der Waals surface area (Å²) in [4.78, 5) is 3.55. The van der Waals surface area contributed by atoms with Crippen LogP contribution in [0.25, 0.3) is 0 Å². The Kier molecular flexibility index (Phi) is 4.45. The van der Waals surface area contributed by atoms with Crippen LogP contribution in [0.3, 0.4) is 0 Å². The lowest BCUT2D eigenvalue weighted by atomic mass is 9.56. The van der Waals surface area contributed by atoms with Crippen LogP contribution in [0.1, 0.15) is 39.7 Å². The van der Waals surface area contributed by atoms with E-state index in [2.05, 4.69) is 4.98 Å². The number of halogens is 3. The largest absolute Gasteiger partial charge is 0.427 e. The minimum atomic E-state index is -4.58. The number of nitrogens with zero attached hydrogens (tertiary/aromatic N) is 1. The van der Waals surface area contributed by atoms with Gasteiger partial charge < -0.3 is 15.5 Å². The van der Waals surface area contributed by atoms with Gasteiger partial charge in [-0.25, -0.2) is 4.98 Å². The molecule has 1 heterocycles. The number of alkyl halides is 3. The molecule has 1 saturated carbocycles. The van der Waals surface area contributed by atoms with Gasteiger partial charge in [0.05, 0.1) is 16.8 Å². The topological polar surface area (TPSA) is 68.4 Å². The molecule has 3 N–H and O–H groups in total. The van der Waals surface area contributed by atoms with Gasteiger partial charge in [-0.05, 0) is 43.6 Å². The molecule has 3 unspecified atom stereocenters. The Bertz CT molecular complexity index is 595. The SMILES string of the molecule is CC1CC(O)(C(C)(C)O[B]c2cnc(N)c(C(F)(F)F)c2)C1C. The molecule has 1 radical (unpaired) electrons. The third-order valence-corrected chi connectivity index (χ3v) is 5.02. The number of hydrogen-bond acceptors (Lipinski definition) is 4. The predicted octanol–water partition coefficient (Wildman–Crippen LogP) is 2.13. The fourth-order valence-corrected chi connectivity index (χ4v) is 3.06. The molecule has 0 saturated heterocycles. The van der Waals surface area contributed by atoms with Crippen LogP contribution in [0, 0.1) is 11.8 Å². The Morgan fingerprint density at radius 1 is 1.39 bits per heavy atom. The van der Waals surface area contributed by atoms with Crippen LogP contribution in [-0.2, 0) is 10.8 Å². The van der Waals surface area contributed by atoms with Crippen molar-refractivity contribution in [1.29, 1.82) is 0 Å². The summed E-state index contributed by atoms with van der Waals surface area (Å²) < 4.78 is 44.1. The van der Waals surface area contributed by atoms with Gasteiger partial charge in [0, 0.05) is 6.20 Å². The first-order chi connectivity index (χ1) is 10.4. The van der Waals surface area contributed by atoms with Crippen LogP contribution in [0.4, 0.5) is 19.0 Å². The Morgan fingerprint density at radius 2 is 2.00 bits per heavy atom. The summed E-state index contributed by atoms with van der Waals surface area (Å²) in [5.74, 6) is -0.159. The number of pyridine rings is 1. The summed E-state index contributed by atoms with van der Waals surface area (Å²) in [6.07, 6.45) is -2.78. The molecule has 1 aromatic heterocycles. The van der Waals surface area contributed by atoms with E-state index in [9.17, 15) is 18.3 Å². The standard InChI is InChI=1S/C15H21BF3N2O2/c1-8-6-14(22,9(8)2)13(3,4)23-16-10-5-11(15(17,18)19)12(20)21-7-10/h5,7-9,22H,6H2,1-4H3,(H2,20,21). The molecule has 0 spiro atoms. The van der Waals surface area contributed by atoms with Crippen molar-refractivity contribution in [2.24, 2.45) is 11.8 Å². The predicted molar refractivity (Wildman–Crippen MR) is 82.1 cm³/mol. The molecule has 0 amide bonds. The maximum absolute atomic E-state index is 12.8. The van der Waals surface area contributed by atoms with Gasteiger partial charge in [0.2, 0.25) is 0 Å². The average molecular weight is 329 g/mol. The third-order valence-electron chi connectivity index (χ3n) is 5.02. The van der Waals surface area contributed by atoms with E-state index in [0.29, 0.717) is 12.3 Å². The first-order valence-corrected chi connectivity index (χ1v) is 7.44. The molecule has 0 aromatic carbocycles. The molecule has 127 valence electrons. The molecule has 1 aliphatic rings. The van der Waals surface area contributed by atoms with E-state index in [1.807, 2.05) is 13.8 Å². The second-order valence-electron chi connectivity index (χ2n) is 6.84. The first kappa shape index (κ1) is 18.1. The molecular formula is C15H21BF3N2O2. The molecule has 0 bridgehead atoms. The van der Waals surface area contributed by atoms with Gasteiger partial charge in [-0.2, -0.15) is 13.2 Å². The van der Waals surface area contributed by atoms with Crippen LogP contribution >= 0.6 is 0 Å². The molecular weight excluding hydrogens is 308 g/mol. The van der Waals surface area contributed by atoms with Crippen LogP contribution in [0.15, 0.2) is 12.3 Å². The maximum Gasteiger partial charge on any atom is 0.419 e. The molecule has 8 heteroatoms. The van der Waals surface area contributed by atoms with E-state index in [1.54, 1.807) is 13.8 Å². The lowest BCUT2D eigenvalue weighted by Gasteiger charge is -2.57. The smallest absolute Gasteiger partial charge is 0.419 e. The highest BCUT2D eigenvalue weighted by Crippen LogP contribution is 2.50. The van der Waals surface area contributed by atoms with Crippen molar-refractivity contribution in [1.82, 2.24) is 4.98 Å². The normalized spacial score (nSPS) is 28.3. The Morgan fingerprint density at radius 3 is 2.48 bits per heavy atom. The number of anilines is 1. The summed E-state index contributed by atoms with van der Waals surface area (Å²) in [5.41, 5.74) is 2.46. The van der Waals surface area contributed by atoms with Gasteiger partial charge in [0.1, 0.15) is 5.82 Å². The number of hydrogen-bond donors (Lipinski definition) is 2. The van der Waals surface area contributed by atoms with Gasteiger partial charge in [-0.1, -0.05) is 13.8 Å². The quantitative estimate of drug-likeness (QED) is 0.831. The van der Waals surface area contributed by atoms with E-state index in [4.69, 9.17) is 10.4 Å². The highest BCUT2D eigenvalue weighted by Gasteiger charge is 2.57. The Labute approximate surface area is 134 Å². The first-order valence-electron chi connectivity index (χ1n) is 7.44. The number of aromatic nitrogens is 1. The lowest BCUT2D eigenvalue weighted by molar-refractivity contribution is -0.219. The summed E-state index contributed by atoms with van der Waals surface area (Å²) in [6.45, 7) is 7.42. The molecule has 1 aliphatic carbocycles. The zero-order valence-electron chi connectivity index (χ0n) is 13.6. The van der Waals surface area contributed by atoms with Crippen molar-refractivity contribution in [2.45, 2.75) is 51.5 Å². The van der Waals surface area contributed by atoms with Crippen LogP contribution in [0.5, 0.6) is 0 Å². The molecule has 2 rings (SSSR count). The Hall–Kier alpha value is -1.28. The van der Waals surface area contributed by atoms with E-state index in [-0.39, 0.29) is 11.4 Å². The second kappa shape index (κ2) is 5.67. The fourth-order valence-electron chi connectivity index (χ4n) is 3.06. The van der Waals surface area contributed by atoms with Crippen molar-refractivity contribution >= 4 is 18.8 Å². The average Bonchev–Trinajstić information content (AvgIpc) is 2.44. The summed E-state index contributed by atoms with van der Waals surface area (Å²) in [6, 6.07) is 0.884. The number of aliphatic hydroxyl groups is 1. The van der Waals surface area contributed by atoms with Gasteiger partial charge in [0.25, 0.3) is 0 Å². The van der Waals surface area contributed by atoms with Crippen molar-refractivity contribution < 1.29 is 22.9 Å². The maximum atomic E-state index is 12.8. The molecule has 23 heavy (non-hydrogen) atoms. The van der Waals surface area contributed by atoms with E-state index in [0.717, 1.165) is 6.07 Å². The number of rotatable bonds is 4. The fraction of sp³-hybridized carbons (Fsp3) is 0.667. The van der Waals surface area contributed by atoms with Crippen LogP contribution < -0.4 is 11.2 Å². The summed E-state index contributed by atoms with van der Waals surface area (Å²) in [7, 11) is 1.19. The highest BCUT2D eigenvalue weighted by molar-refractivity contribution is 6.47.